The highest BCUT2D eigenvalue weighted by atomic mass is 16.5. The molecule has 0 amide bonds. The second-order valence-electron chi connectivity index (χ2n) is 11.5. The summed E-state index contributed by atoms with van der Waals surface area (Å²) in [5, 5.41) is 0. The van der Waals surface area contributed by atoms with Crippen molar-refractivity contribution in [2.75, 3.05) is 79.3 Å². The Hall–Kier alpha value is -1.83. The standard InChI is InChI=1S/C27H45N3O9/c1-4-25(16-37-17-25)13-34-10-7-28-22(31)29(8-11-35-14-26(5-2)18-38-19-26)24(33)30(23(28)32)9-12-36-15-27(6-3)20-39-21-27/h4-21H2,1-3H3. The van der Waals surface area contributed by atoms with Crippen molar-refractivity contribution in [2.24, 2.45) is 16.2 Å². The minimum Gasteiger partial charge on any atom is -0.380 e. The number of aromatic nitrogens is 3. The quantitative estimate of drug-likeness (QED) is 0.238. The molecule has 3 saturated heterocycles. The van der Waals surface area contributed by atoms with E-state index in [-0.39, 0.29) is 55.7 Å². The van der Waals surface area contributed by atoms with E-state index >= 15 is 0 Å². The molecule has 1 aromatic rings. The Labute approximate surface area is 229 Å². The van der Waals surface area contributed by atoms with Crippen LogP contribution in [0, 0.1) is 16.2 Å². The van der Waals surface area contributed by atoms with Crippen LogP contribution in [0.3, 0.4) is 0 Å². The van der Waals surface area contributed by atoms with E-state index in [0.29, 0.717) is 59.5 Å². The Bertz CT molecular complexity index is 928. The minimum absolute atomic E-state index is 0.00128. The summed E-state index contributed by atoms with van der Waals surface area (Å²) in [6.07, 6.45) is 2.80. The molecular weight excluding hydrogens is 510 g/mol. The summed E-state index contributed by atoms with van der Waals surface area (Å²) in [4.78, 5) is 39.8. The molecule has 1 aromatic heterocycles. The normalized spacial score (nSPS) is 20.7. The molecule has 222 valence electrons. The van der Waals surface area contributed by atoms with Gasteiger partial charge in [-0.15, -0.1) is 0 Å². The van der Waals surface area contributed by atoms with Crippen LogP contribution in [0.5, 0.6) is 0 Å². The Morgan fingerprint density at radius 1 is 0.538 bits per heavy atom. The summed E-state index contributed by atoms with van der Waals surface area (Å²) in [5.41, 5.74) is -1.95. The third-order valence-electron chi connectivity index (χ3n) is 8.69. The van der Waals surface area contributed by atoms with Gasteiger partial charge in [-0.1, -0.05) is 20.8 Å². The fourth-order valence-electron chi connectivity index (χ4n) is 4.93. The van der Waals surface area contributed by atoms with Gasteiger partial charge in [0.25, 0.3) is 0 Å². The molecule has 0 aromatic carbocycles. The van der Waals surface area contributed by atoms with E-state index in [2.05, 4.69) is 20.8 Å². The summed E-state index contributed by atoms with van der Waals surface area (Å²) in [5.74, 6) is 0. The van der Waals surface area contributed by atoms with Crippen molar-refractivity contribution in [1.29, 1.82) is 0 Å². The van der Waals surface area contributed by atoms with Gasteiger partial charge in [0, 0.05) is 16.2 Å². The average Bonchev–Trinajstić information content (AvgIpc) is 2.86. The lowest BCUT2D eigenvalue weighted by Gasteiger charge is -2.40. The Balaban J connectivity index is 1.42. The van der Waals surface area contributed by atoms with Crippen molar-refractivity contribution in [2.45, 2.75) is 59.7 Å². The number of hydrogen-bond donors (Lipinski definition) is 0. The van der Waals surface area contributed by atoms with Crippen molar-refractivity contribution in [3.05, 3.63) is 31.5 Å². The molecule has 3 aliphatic heterocycles. The molecule has 3 fully saturated rings. The summed E-state index contributed by atoms with van der Waals surface area (Å²) < 4.78 is 36.8. The second kappa shape index (κ2) is 13.2. The monoisotopic (exact) mass is 555 g/mol. The van der Waals surface area contributed by atoms with Gasteiger partial charge in [-0.05, 0) is 19.3 Å². The van der Waals surface area contributed by atoms with E-state index in [1.807, 2.05) is 0 Å². The number of nitrogens with zero attached hydrogens (tertiary/aromatic N) is 3. The maximum atomic E-state index is 13.3. The van der Waals surface area contributed by atoms with Crippen molar-refractivity contribution in [3.8, 4) is 0 Å². The van der Waals surface area contributed by atoms with Gasteiger partial charge >= 0.3 is 17.1 Å². The molecule has 0 aliphatic carbocycles. The van der Waals surface area contributed by atoms with Crippen LogP contribution in [0.2, 0.25) is 0 Å². The zero-order valence-corrected chi connectivity index (χ0v) is 23.7. The zero-order valence-electron chi connectivity index (χ0n) is 23.7. The van der Waals surface area contributed by atoms with E-state index in [1.165, 1.54) is 0 Å². The smallest absolute Gasteiger partial charge is 0.336 e. The van der Waals surface area contributed by atoms with Gasteiger partial charge < -0.3 is 28.4 Å². The fourth-order valence-corrected chi connectivity index (χ4v) is 4.93. The third-order valence-corrected chi connectivity index (χ3v) is 8.69. The molecule has 0 atom stereocenters. The SMILES string of the molecule is CCC1(COCCn2c(=O)n(CCOCC3(CC)COC3)c(=O)n(CCOCC3(CC)COC3)c2=O)COC1. The van der Waals surface area contributed by atoms with Crippen LogP contribution < -0.4 is 17.1 Å². The van der Waals surface area contributed by atoms with Crippen LogP contribution in [0.4, 0.5) is 0 Å². The first-order valence-corrected chi connectivity index (χ1v) is 14.2. The summed E-state index contributed by atoms with van der Waals surface area (Å²) in [6, 6.07) is 0. The Morgan fingerprint density at radius 2 is 0.795 bits per heavy atom. The molecule has 0 unspecified atom stereocenters. The predicted octanol–water partition coefficient (Wildman–Crippen LogP) is 0.501. The van der Waals surface area contributed by atoms with Gasteiger partial charge in [-0.2, -0.15) is 0 Å². The molecule has 4 rings (SSSR count). The first-order chi connectivity index (χ1) is 18.8. The molecule has 12 heteroatoms. The molecule has 0 saturated carbocycles. The molecule has 3 aliphatic rings. The highest BCUT2D eigenvalue weighted by molar-refractivity contribution is 4.86. The highest BCUT2D eigenvalue weighted by Gasteiger charge is 2.38. The molecule has 0 N–H and O–H groups in total. The van der Waals surface area contributed by atoms with E-state index in [4.69, 9.17) is 28.4 Å². The van der Waals surface area contributed by atoms with E-state index in [0.717, 1.165) is 33.0 Å². The van der Waals surface area contributed by atoms with E-state index in [9.17, 15) is 14.4 Å². The van der Waals surface area contributed by atoms with Gasteiger partial charge in [0.1, 0.15) is 0 Å². The molecule has 0 bridgehead atoms. The van der Waals surface area contributed by atoms with Gasteiger partial charge in [-0.3, -0.25) is 0 Å². The van der Waals surface area contributed by atoms with E-state index < -0.39 is 17.1 Å². The molecule has 0 radical (unpaired) electrons. The number of rotatable bonds is 18. The molecule has 4 heterocycles. The summed E-state index contributed by atoms with van der Waals surface area (Å²) >= 11 is 0. The first-order valence-electron chi connectivity index (χ1n) is 14.2. The maximum absolute atomic E-state index is 13.3. The number of ether oxygens (including phenoxy) is 6. The van der Waals surface area contributed by atoms with Crippen LogP contribution >= 0.6 is 0 Å². The van der Waals surface area contributed by atoms with Crippen LogP contribution in [0.25, 0.3) is 0 Å². The lowest BCUT2D eigenvalue weighted by atomic mass is 9.84. The van der Waals surface area contributed by atoms with Gasteiger partial charge in [0.05, 0.1) is 98.9 Å². The largest absolute Gasteiger partial charge is 0.380 e. The van der Waals surface area contributed by atoms with Crippen molar-refractivity contribution < 1.29 is 28.4 Å². The lowest BCUT2D eigenvalue weighted by Crippen LogP contribution is -2.56. The average molecular weight is 556 g/mol. The highest BCUT2D eigenvalue weighted by Crippen LogP contribution is 2.32. The zero-order chi connectivity index (χ0) is 27.9. The predicted molar refractivity (Wildman–Crippen MR) is 142 cm³/mol. The summed E-state index contributed by atoms with van der Waals surface area (Å²) in [6.45, 7) is 12.4. The van der Waals surface area contributed by atoms with Gasteiger partial charge in [-0.25, -0.2) is 28.1 Å². The van der Waals surface area contributed by atoms with Gasteiger partial charge in [0.15, 0.2) is 0 Å². The topological polar surface area (TPSA) is 121 Å². The van der Waals surface area contributed by atoms with Crippen LogP contribution in [0.1, 0.15) is 40.0 Å². The van der Waals surface area contributed by atoms with Gasteiger partial charge in [0.2, 0.25) is 0 Å². The van der Waals surface area contributed by atoms with Crippen LogP contribution in [-0.2, 0) is 48.1 Å². The van der Waals surface area contributed by atoms with Crippen molar-refractivity contribution in [1.82, 2.24) is 13.7 Å². The molecule has 12 nitrogen and oxygen atoms in total. The van der Waals surface area contributed by atoms with Crippen molar-refractivity contribution >= 4 is 0 Å². The second-order valence-corrected chi connectivity index (χ2v) is 11.5. The first kappa shape index (κ1) is 30.1. The van der Waals surface area contributed by atoms with E-state index in [1.54, 1.807) is 0 Å². The number of hydrogen-bond acceptors (Lipinski definition) is 9. The molecular formula is C27H45N3O9. The van der Waals surface area contributed by atoms with Crippen LogP contribution in [-0.4, -0.2) is 93.0 Å². The minimum atomic E-state index is -0.653. The maximum Gasteiger partial charge on any atom is 0.336 e. The van der Waals surface area contributed by atoms with Crippen LogP contribution in [0.15, 0.2) is 14.4 Å². The Morgan fingerprint density at radius 3 is 0.974 bits per heavy atom. The lowest BCUT2D eigenvalue weighted by molar-refractivity contribution is -0.151. The summed E-state index contributed by atoms with van der Waals surface area (Å²) in [7, 11) is 0. The third kappa shape index (κ3) is 6.74. The molecule has 39 heavy (non-hydrogen) atoms. The molecule has 0 spiro atoms. The fraction of sp³-hybridized carbons (Fsp3) is 0.889. The Kier molecular flexibility index (Phi) is 10.2. The van der Waals surface area contributed by atoms with Crippen molar-refractivity contribution in [3.63, 3.8) is 0 Å².